The zero-order valence-corrected chi connectivity index (χ0v) is 13.4. The van der Waals surface area contributed by atoms with Gasteiger partial charge in [0.1, 0.15) is 5.75 Å². The SMILES string of the molecule is CC(C)COc1ccccc1NC1CC(C)CCC1C. The van der Waals surface area contributed by atoms with Crippen LogP contribution in [0.5, 0.6) is 5.75 Å². The maximum absolute atomic E-state index is 5.94. The zero-order chi connectivity index (χ0) is 14.5. The van der Waals surface area contributed by atoms with Crippen LogP contribution < -0.4 is 10.1 Å². The lowest BCUT2D eigenvalue weighted by Crippen LogP contribution is -2.33. The first-order valence-electron chi connectivity index (χ1n) is 8.04. The lowest BCUT2D eigenvalue weighted by Gasteiger charge is -2.34. The number of hydrogen-bond acceptors (Lipinski definition) is 2. The van der Waals surface area contributed by atoms with E-state index in [2.05, 4.69) is 51.2 Å². The van der Waals surface area contributed by atoms with Crippen LogP contribution >= 0.6 is 0 Å². The highest BCUT2D eigenvalue weighted by Gasteiger charge is 2.25. The standard InChI is InChI=1S/C18H29NO/c1-13(2)12-20-18-8-6-5-7-16(18)19-17-11-14(3)9-10-15(17)4/h5-8,13-15,17,19H,9-12H2,1-4H3. The van der Waals surface area contributed by atoms with Crippen LogP contribution in [-0.4, -0.2) is 12.6 Å². The molecule has 3 atom stereocenters. The molecule has 0 aliphatic heterocycles. The Labute approximate surface area is 123 Å². The van der Waals surface area contributed by atoms with Gasteiger partial charge in [0.15, 0.2) is 0 Å². The normalized spacial score (nSPS) is 26.6. The van der Waals surface area contributed by atoms with Gasteiger partial charge < -0.3 is 10.1 Å². The molecule has 1 N–H and O–H groups in total. The summed E-state index contributed by atoms with van der Waals surface area (Å²) in [5, 5.41) is 3.73. The molecule has 2 rings (SSSR count). The van der Waals surface area contributed by atoms with Crippen LogP contribution in [0.25, 0.3) is 0 Å². The molecule has 0 bridgehead atoms. The zero-order valence-electron chi connectivity index (χ0n) is 13.4. The van der Waals surface area contributed by atoms with E-state index in [1.807, 2.05) is 6.07 Å². The average Bonchev–Trinajstić information content (AvgIpc) is 2.42. The summed E-state index contributed by atoms with van der Waals surface area (Å²) in [5.41, 5.74) is 1.15. The minimum atomic E-state index is 0.552. The van der Waals surface area contributed by atoms with Crippen molar-refractivity contribution < 1.29 is 4.74 Å². The van der Waals surface area contributed by atoms with Gasteiger partial charge in [-0.25, -0.2) is 0 Å². The monoisotopic (exact) mass is 275 g/mol. The minimum absolute atomic E-state index is 0.552. The molecule has 1 fully saturated rings. The molecule has 1 aromatic rings. The summed E-state index contributed by atoms with van der Waals surface area (Å²) in [5.74, 6) is 3.11. The van der Waals surface area contributed by atoms with Gasteiger partial charge in [-0.05, 0) is 42.7 Å². The predicted molar refractivity (Wildman–Crippen MR) is 86.4 cm³/mol. The van der Waals surface area contributed by atoms with Crippen molar-refractivity contribution in [3.8, 4) is 5.75 Å². The Morgan fingerprint density at radius 3 is 2.70 bits per heavy atom. The van der Waals surface area contributed by atoms with E-state index in [0.29, 0.717) is 12.0 Å². The summed E-state index contributed by atoms with van der Waals surface area (Å²) >= 11 is 0. The first-order chi connectivity index (χ1) is 9.56. The predicted octanol–water partition coefficient (Wildman–Crippen LogP) is 4.96. The summed E-state index contributed by atoms with van der Waals surface area (Å²) < 4.78 is 5.94. The molecule has 3 unspecified atom stereocenters. The Kier molecular flexibility index (Phi) is 5.33. The second-order valence-electron chi connectivity index (χ2n) is 6.85. The minimum Gasteiger partial charge on any atom is -0.491 e. The second kappa shape index (κ2) is 7.01. The Morgan fingerprint density at radius 1 is 1.20 bits per heavy atom. The summed E-state index contributed by atoms with van der Waals surface area (Å²) in [7, 11) is 0. The first-order valence-corrected chi connectivity index (χ1v) is 8.04. The van der Waals surface area contributed by atoms with Crippen molar-refractivity contribution in [1.82, 2.24) is 0 Å². The van der Waals surface area contributed by atoms with Crippen LogP contribution in [0.3, 0.4) is 0 Å². The Balaban J connectivity index is 2.04. The number of hydrogen-bond donors (Lipinski definition) is 1. The van der Waals surface area contributed by atoms with Crippen LogP contribution in [0.15, 0.2) is 24.3 Å². The van der Waals surface area contributed by atoms with Gasteiger partial charge in [-0.15, -0.1) is 0 Å². The highest BCUT2D eigenvalue weighted by molar-refractivity contribution is 5.56. The van der Waals surface area contributed by atoms with Gasteiger partial charge in [0.25, 0.3) is 0 Å². The van der Waals surface area contributed by atoms with Crippen LogP contribution in [0.1, 0.15) is 47.0 Å². The fourth-order valence-corrected chi connectivity index (χ4v) is 2.90. The van der Waals surface area contributed by atoms with Gasteiger partial charge in [-0.3, -0.25) is 0 Å². The average molecular weight is 275 g/mol. The summed E-state index contributed by atoms with van der Waals surface area (Å²) in [6.45, 7) is 9.86. The van der Waals surface area contributed by atoms with Crippen molar-refractivity contribution >= 4 is 5.69 Å². The van der Waals surface area contributed by atoms with Gasteiger partial charge in [0, 0.05) is 6.04 Å². The second-order valence-corrected chi connectivity index (χ2v) is 6.85. The van der Waals surface area contributed by atoms with E-state index in [9.17, 15) is 0 Å². The molecule has 1 aliphatic carbocycles. The van der Waals surface area contributed by atoms with E-state index in [1.54, 1.807) is 0 Å². The van der Waals surface area contributed by atoms with Crippen LogP contribution in [0.2, 0.25) is 0 Å². The molecule has 1 aromatic carbocycles. The molecule has 20 heavy (non-hydrogen) atoms. The molecule has 0 aromatic heterocycles. The molecule has 1 aliphatic rings. The molecular formula is C18H29NO. The Hall–Kier alpha value is -1.18. The number of benzene rings is 1. The van der Waals surface area contributed by atoms with Crippen molar-refractivity contribution in [3.05, 3.63) is 24.3 Å². The third kappa shape index (κ3) is 4.16. The smallest absolute Gasteiger partial charge is 0.142 e. The van der Waals surface area contributed by atoms with Gasteiger partial charge in [0.2, 0.25) is 0 Å². The molecule has 2 heteroatoms. The molecular weight excluding hydrogens is 246 g/mol. The topological polar surface area (TPSA) is 21.3 Å². The molecule has 112 valence electrons. The van der Waals surface area contributed by atoms with Crippen LogP contribution in [-0.2, 0) is 0 Å². The number of ether oxygens (including phenoxy) is 1. The van der Waals surface area contributed by atoms with Gasteiger partial charge in [-0.2, -0.15) is 0 Å². The Morgan fingerprint density at radius 2 is 1.95 bits per heavy atom. The van der Waals surface area contributed by atoms with Crippen molar-refractivity contribution in [2.45, 2.75) is 53.0 Å². The quantitative estimate of drug-likeness (QED) is 0.820. The largest absolute Gasteiger partial charge is 0.491 e. The summed E-state index contributed by atoms with van der Waals surface area (Å²) in [6, 6.07) is 8.92. The molecule has 0 spiro atoms. The van der Waals surface area contributed by atoms with E-state index in [-0.39, 0.29) is 0 Å². The summed E-state index contributed by atoms with van der Waals surface area (Å²) in [4.78, 5) is 0. The molecule has 0 saturated heterocycles. The molecule has 0 amide bonds. The maximum Gasteiger partial charge on any atom is 0.142 e. The summed E-state index contributed by atoms with van der Waals surface area (Å²) in [6.07, 6.45) is 3.96. The molecule has 2 nitrogen and oxygen atoms in total. The van der Waals surface area contributed by atoms with Crippen LogP contribution in [0, 0.1) is 17.8 Å². The van der Waals surface area contributed by atoms with Crippen molar-refractivity contribution in [3.63, 3.8) is 0 Å². The van der Waals surface area contributed by atoms with Crippen molar-refractivity contribution in [2.75, 3.05) is 11.9 Å². The highest BCUT2D eigenvalue weighted by Crippen LogP contribution is 2.33. The Bertz CT molecular complexity index is 416. The third-order valence-corrected chi connectivity index (χ3v) is 4.26. The van der Waals surface area contributed by atoms with Gasteiger partial charge >= 0.3 is 0 Å². The number of nitrogens with one attached hydrogen (secondary N) is 1. The first kappa shape index (κ1) is 15.2. The van der Waals surface area contributed by atoms with E-state index < -0.39 is 0 Å². The van der Waals surface area contributed by atoms with E-state index in [0.717, 1.165) is 29.9 Å². The lowest BCUT2D eigenvalue weighted by molar-refractivity contribution is 0.267. The van der Waals surface area contributed by atoms with Gasteiger partial charge in [0.05, 0.1) is 12.3 Å². The maximum atomic E-state index is 5.94. The van der Waals surface area contributed by atoms with Crippen molar-refractivity contribution in [2.24, 2.45) is 17.8 Å². The molecule has 0 radical (unpaired) electrons. The fraction of sp³-hybridized carbons (Fsp3) is 0.667. The molecule has 0 heterocycles. The fourth-order valence-electron chi connectivity index (χ4n) is 2.90. The van der Waals surface area contributed by atoms with E-state index in [1.165, 1.54) is 19.3 Å². The van der Waals surface area contributed by atoms with Gasteiger partial charge in [-0.1, -0.05) is 46.2 Å². The van der Waals surface area contributed by atoms with E-state index >= 15 is 0 Å². The number of anilines is 1. The van der Waals surface area contributed by atoms with Crippen molar-refractivity contribution in [1.29, 1.82) is 0 Å². The van der Waals surface area contributed by atoms with Crippen LogP contribution in [0.4, 0.5) is 5.69 Å². The molecule has 1 saturated carbocycles. The lowest BCUT2D eigenvalue weighted by atomic mass is 9.80. The highest BCUT2D eigenvalue weighted by atomic mass is 16.5. The number of para-hydroxylation sites is 2. The van der Waals surface area contributed by atoms with E-state index in [4.69, 9.17) is 4.74 Å². The third-order valence-electron chi connectivity index (χ3n) is 4.26. The number of rotatable bonds is 5.